The highest BCUT2D eigenvalue weighted by molar-refractivity contribution is 6.36. The van der Waals surface area contributed by atoms with E-state index >= 15 is 0 Å². The SMILES string of the molecule is CCNc1c(OC)nnc(-c2ccccc2)c1Cl. The van der Waals surface area contributed by atoms with Gasteiger partial charge in [0.15, 0.2) is 0 Å². The van der Waals surface area contributed by atoms with Crippen molar-refractivity contribution in [2.45, 2.75) is 6.92 Å². The minimum Gasteiger partial charge on any atom is -0.478 e. The Balaban J connectivity index is 2.54. The van der Waals surface area contributed by atoms with Crippen molar-refractivity contribution in [2.75, 3.05) is 19.0 Å². The Bertz CT molecular complexity index is 531. The van der Waals surface area contributed by atoms with E-state index < -0.39 is 0 Å². The lowest BCUT2D eigenvalue weighted by atomic mass is 10.1. The van der Waals surface area contributed by atoms with E-state index in [1.807, 2.05) is 37.3 Å². The van der Waals surface area contributed by atoms with Gasteiger partial charge in [0.05, 0.1) is 12.1 Å². The molecule has 1 aromatic heterocycles. The largest absolute Gasteiger partial charge is 0.478 e. The number of methoxy groups -OCH3 is 1. The minimum atomic E-state index is 0.404. The summed E-state index contributed by atoms with van der Waals surface area (Å²) in [6.07, 6.45) is 0. The number of ether oxygens (including phenoxy) is 1. The van der Waals surface area contributed by atoms with Crippen LogP contribution >= 0.6 is 11.6 Å². The van der Waals surface area contributed by atoms with Gasteiger partial charge in [-0.1, -0.05) is 41.9 Å². The van der Waals surface area contributed by atoms with Crippen LogP contribution in [0.3, 0.4) is 0 Å². The Morgan fingerprint density at radius 2 is 1.94 bits per heavy atom. The normalized spacial score (nSPS) is 10.2. The average Bonchev–Trinajstić information content (AvgIpc) is 2.42. The highest BCUT2D eigenvalue weighted by Crippen LogP contribution is 2.36. The van der Waals surface area contributed by atoms with Crippen LogP contribution in [-0.4, -0.2) is 23.9 Å². The third kappa shape index (κ3) is 2.38. The number of nitrogens with one attached hydrogen (secondary N) is 1. The standard InChI is InChI=1S/C13H14ClN3O/c1-3-15-12-10(14)11(16-17-13(12)18-2)9-7-5-4-6-8-9/h4-8H,3H2,1-2H3,(H,15,16). The van der Waals surface area contributed by atoms with Gasteiger partial charge in [-0.25, -0.2) is 0 Å². The molecule has 0 radical (unpaired) electrons. The van der Waals surface area contributed by atoms with Gasteiger partial charge in [0, 0.05) is 12.1 Å². The highest BCUT2D eigenvalue weighted by Gasteiger charge is 2.15. The van der Waals surface area contributed by atoms with Crippen molar-refractivity contribution in [1.29, 1.82) is 0 Å². The minimum absolute atomic E-state index is 0.404. The molecule has 0 aliphatic rings. The molecule has 0 aliphatic heterocycles. The van der Waals surface area contributed by atoms with E-state index in [2.05, 4.69) is 15.5 Å². The summed E-state index contributed by atoms with van der Waals surface area (Å²) < 4.78 is 5.15. The first-order chi connectivity index (χ1) is 8.77. The topological polar surface area (TPSA) is 47.0 Å². The Hall–Kier alpha value is -1.81. The van der Waals surface area contributed by atoms with Crippen LogP contribution in [-0.2, 0) is 0 Å². The molecule has 1 aromatic carbocycles. The molecule has 4 nitrogen and oxygen atoms in total. The molecule has 0 saturated heterocycles. The van der Waals surface area contributed by atoms with E-state index in [9.17, 15) is 0 Å². The Kier molecular flexibility index (Phi) is 3.99. The molecule has 0 atom stereocenters. The second-order valence-corrected chi connectivity index (χ2v) is 4.02. The van der Waals surface area contributed by atoms with Crippen molar-refractivity contribution in [1.82, 2.24) is 10.2 Å². The number of rotatable bonds is 4. The van der Waals surface area contributed by atoms with E-state index in [0.717, 1.165) is 12.1 Å². The zero-order valence-corrected chi connectivity index (χ0v) is 11.0. The molecule has 5 heteroatoms. The second kappa shape index (κ2) is 5.69. The molecule has 2 rings (SSSR count). The third-order valence-corrected chi connectivity index (χ3v) is 2.84. The van der Waals surface area contributed by atoms with Crippen LogP contribution in [0.5, 0.6) is 5.88 Å². The van der Waals surface area contributed by atoms with E-state index in [1.54, 1.807) is 7.11 Å². The zero-order chi connectivity index (χ0) is 13.0. The number of hydrogen-bond acceptors (Lipinski definition) is 4. The summed E-state index contributed by atoms with van der Waals surface area (Å²) in [5, 5.41) is 11.8. The molecule has 0 amide bonds. The van der Waals surface area contributed by atoms with Crippen LogP contribution in [0, 0.1) is 0 Å². The molecule has 1 N–H and O–H groups in total. The molecule has 1 heterocycles. The molecular weight excluding hydrogens is 250 g/mol. The Morgan fingerprint density at radius 1 is 1.22 bits per heavy atom. The average molecular weight is 264 g/mol. The van der Waals surface area contributed by atoms with Crippen LogP contribution in [0.15, 0.2) is 30.3 Å². The van der Waals surface area contributed by atoms with Gasteiger partial charge in [0.25, 0.3) is 5.88 Å². The van der Waals surface area contributed by atoms with Crippen molar-refractivity contribution in [3.63, 3.8) is 0 Å². The summed E-state index contributed by atoms with van der Waals surface area (Å²) in [6.45, 7) is 2.72. The van der Waals surface area contributed by atoms with Gasteiger partial charge in [-0.3, -0.25) is 0 Å². The Morgan fingerprint density at radius 3 is 2.56 bits per heavy atom. The molecule has 0 bridgehead atoms. The van der Waals surface area contributed by atoms with Crippen molar-refractivity contribution < 1.29 is 4.74 Å². The molecule has 0 fully saturated rings. The maximum absolute atomic E-state index is 6.36. The number of anilines is 1. The summed E-state index contributed by atoms with van der Waals surface area (Å²) in [5.41, 5.74) is 2.25. The fraction of sp³-hybridized carbons (Fsp3) is 0.231. The summed E-state index contributed by atoms with van der Waals surface area (Å²) in [4.78, 5) is 0. The number of aromatic nitrogens is 2. The second-order valence-electron chi connectivity index (χ2n) is 3.64. The summed E-state index contributed by atoms with van der Waals surface area (Å²) in [7, 11) is 1.55. The molecule has 0 unspecified atom stereocenters. The van der Waals surface area contributed by atoms with Crippen LogP contribution in [0.4, 0.5) is 5.69 Å². The van der Waals surface area contributed by atoms with Crippen molar-refractivity contribution in [3.05, 3.63) is 35.4 Å². The zero-order valence-electron chi connectivity index (χ0n) is 10.3. The first kappa shape index (κ1) is 12.6. The van der Waals surface area contributed by atoms with Gasteiger partial charge in [-0.15, -0.1) is 10.2 Å². The summed E-state index contributed by atoms with van der Waals surface area (Å²) in [6, 6.07) is 9.70. The van der Waals surface area contributed by atoms with E-state index in [-0.39, 0.29) is 0 Å². The van der Waals surface area contributed by atoms with Gasteiger partial charge < -0.3 is 10.1 Å². The molecule has 0 spiro atoms. The van der Waals surface area contributed by atoms with E-state index in [0.29, 0.717) is 22.3 Å². The Labute approximate surface area is 111 Å². The van der Waals surface area contributed by atoms with Crippen LogP contribution < -0.4 is 10.1 Å². The van der Waals surface area contributed by atoms with Gasteiger partial charge in [0.2, 0.25) is 0 Å². The highest BCUT2D eigenvalue weighted by atomic mass is 35.5. The molecule has 2 aromatic rings. The summed E-state index contributed by atoms with van der Waals surface area (Å²) in [5.74, 6) is 0.404. The van der Waals surface area contributed by atoms with Crippen molar-refractivity contribution in [2.24, 2.45) is 0 Å². The van der Waals surface area contributed by atoms with Gasteiger partial charge in [0.1, 0.15) is 11.4 Å². The lowest BCUT2D eigenvalue weighted by molar-refractivity contribution is 0.394. The van der Waals surface area contributed by atoms with Crippen molar-refractivity contribution in [3.8, 4) is 17.1 Å². The predicted octanol–water partition coefficient (Wildman–Crippen LogP) is 3.24. The maximum atomic E-state index is 6.36. The number of benzene rings is 1. The molecule has 0 saturated carbocycles. The van der Waals surface area contributed by atoms with Gasteiger partial charge >= 0.3 is 0 Å². The smallest absolute Gasteiger partial charge is 0.258 e. The van der Waals surface area contributed by atoms with Gasteiger partial charge in [-0.2, -0.15) is 0 Å². The lowest BCUT2D eigenvalue weighted by Gasteiger charge is -2.12. The molecular formula is C13H14ClN3O. The fourth-order valence-electron chi connectivity index (χ4n) is 1.65. The summed E-state index contributed by atoms with van der Waals surface area (Å²) >= 11 is 6.36. The van der Waals surface area contributed by atoms with Crippen molar-refractivity contribution >= 4 is 17.3 Å². The van der Waals surface area contributed by atoms with Crippen LogP contribution in [0.1, 0.15) is 6.92 Å². The first-order valence-electron chi connectivity index (χ1n) is 5.67. The predicted molar refractivity (Wildman–Crippen MR) is 73.2 cm³/mol. The fourth-order valence-corrected chi connectivity index (χ4v) is 1.95. The number of nitrogens with zero attached hydrogens (tertiary/aromatic N) is 2. The van der Waals surface area contributed by atoms with Crippen LogP contribution in [0.2, 0.25) is 5.02 Å². The molecule has 18 heavy (non-hydrogen) atoms. The monoisotopic (exact) mass is 263 g/mol. The van der Waals surface area contributed by atoms with E-state index in [4.69, 9.17) is 16.3 Å². The van der Waals surface area contributed by atoms with E-state index in [1.165, 1.54) is 0 Å². The first-order valence-corrected chi connectivity index (χ1v) is 6.05. The van der Waals surface area contributed by atoms with Crippen LogP contribution in [0.25, 0.3) is 11.3 Å². The molecule has 94 valence electrons. The third-order valence-electron chi connectivity index (χ3n) is 2.48. The molecule has 0 aliphatic carbocycles. The van der Waals surface area contributed by atoms with Gasteiger partial charge in [-0.05, 0) is 6.92 Å². The quantitative estimate of drug-likeness (QED) is 0.920. The maximum Gasteiger partial charge on any atom is 0.258 e. The lowest BCUT2D eigenvalue weighted by Crippen LogP contribution is -2.04. The number of halogens is 1. The number of hydrogen-bond donors (Lipinski definition) is 1.